The van der Waals surface area contributed by atoms with Crippen LogP contribution in [0.1, 0.15) is 46.5 Å². The van der Waals surface area contributed by atoms with Gasteiger partial charge in [-0.05, 0) is 70.7 Å². The number of rotatable bonds is 6. The van der Waals surface area contributed by atoms with E-state index in [1.54, 1.807) is 32.9 Å². The van der Waals surface area contributed by atoms with Crippen LogP contribution in [0.3, 0.4) is 0 Å². The number of carbonyl (C=O) groups is 1. The zero-order valence-electron chi connectivity index (χ0n) is 18.2. The van der Waals surface area contributed by atoms with Gasteiger partial charge >= 0.3 is 0 Å². The van der Waals surface area contributed by atoms with Crippen molar-refractivity contribution in [1.82, 2.24) is 9.71 Å². The number of sulfonamides is 1. The molecule has 0 saturated heterocycles. The van der Waals surface area contributed by atoms with Crippen molar-refractivity contribution in [2.24, 2.45) is 5.92 Å². The van der Waals surface area contributed by atoms with E-state index < -0.39 is 26.4 Å². The van der Waals surface area contributed by atoms with Gasteiger partial charge in [0.15, 0.2) is 11.6 Å². The van der Waals surface area contributed by atoms with Crippen molar-refractivity contribution in [3.8, 4) is 11.6 Å². The fourth-order valence-corrected chi connectivity index (χ4v) is 4.36. The Kier molecular flexibility index (Phi) is 7.14. The molecule has 1 aromatic heterocycles. The number of anilines is 1. The van der Waals surface area contributed by atoms with Gasteiger partial charge in [-0.2, -0.15) is 0 Å². The Morgan fingerprint density at radius 2 is 1.81 bits per heavy atom. The zero-order chi connectivity index (χ0) is 23.5. The normalized spacial score (nSPS) is 19.4. The first kappa shape index (κ1) is 24.1. The number of hydrogen-bond donors (Lipinski definition) is 2. The van der Waals surface area contributed by atoms with Gasteiger partial charge in [0.1, 0.15) is 11.5 Å². The summed E-state index contributed by atoms with van der Waals surface area (Å²) in [5, 5.41) is 2.76. The van der Waals surface area contributed by atoms with E-state index in [0.717, 1.165) is 12.1 Å². The highest BCUT2D eigenvalue weighted by Gasteiger charge is 2.34. The summed E-state index contributed by atoms with van der Waals surface area (Å²) in [4.78, 5) is 16.8. The van der Waals surface area contributed by atoms with Crippen LogP contribution in [-0.2, 0) is 14.8 Å². The van der Waals surface area contributed by atoms with Gasteiger partial charge in [-0.15, -0.1) is 0 Å². The van der Waals surface area contributed by atoms with Gasteiger partial charge in [-0.1, -0.05) is 0 Å². The third-order valence-electron chi connectivity index (χ3n) is 5.36. The van der Waals surface area contributed by atoms with E-state index in [9.17, 15) is 22.0 Å². The van der Waals surface area contributed by atoms with Crippen molar-refractivity contribution < 1.29 is 26.7 Å². The smallest absolute Gasteiger partial charge is 0.243 e. The second-order valence-corrected chi connectivity index (χ2v) is 11.3. The molecule has 1 amide bonds. The summed E-state index contributed by atoms with van der Waals surface area (Å²) >= 11 is 0. The summed E-state index contributed by atoms with van der Waals surface area (Å²) in [5.74, 6) is -2.40. The monoisotopic (exact) mass is 467 g/mol. The first-order valence-electron chi connectivity index (χ1n) is 10.4. The Morgan fingerprint density at radius 3 is 2.44 bits per heavy atom. The average Bonchev–Trinajstić information content (AvgIpc) is 2.71. The van der Waals surface area contributed by atoms with E-state index in [4.69, 9.17) is 4.74 Å². The van der Waals surface area contributed by atoms with Gasteiger partial charge < -0.3 is 10.1 Å². The molecule has 0 unspecified atom stereocenters. The molecule has 32 heavy (non-hydrogen) atoms. The molecule has 3 rings (SSSR count). The number of nitrogens with one attached hydrogen (secondary N) is 2. The quantitative estimate of drug-likeness (QED) is 0.658. The lowest BCUT2D eigenvalue weighted by Gasteiger charge is -2.30. The molecule has 0 aliphatic heterocycles. The summed E-state index contributed by atoms with van der Waals surface area (Å²) in [5.41, 5.74) is 0.261. The van der Waals surface area contributed by atoms with Gasteiger partial charge in [0, 0.05) is 24.2 Å². The highest BCUT2D eigenvalue weighted by atomic mass is 32.2. The Morgan fingerprint density at radius 1 is 1.12 bits per heavy atom. The minimum Gasteiger partial charge on any atom is -0.434 e. The number of pyridine rings is 1. The fourth-order valence-electron chi connectivity index (χ4n) is 3.33. The van der Waals surface area contributed by atoms with Crippen LogP contribution in [0, 0.1) is 17.6 Å². The van der Waals surface area contributed by atoms with E-state index in [1.165, 1.54) is 6.20 Å². The molecule has 1 fully saturated rings. The summed E-state index contributed by atoms with van der Waals surface area (Å²) in [6, 6.07) is 5.87. The molecular formula is C22H27F2N3O4S. The Labute approximate surface area is 186 Å². The predicted molar refractivity (Wildman–Crippen MR) is 117 cm³/mol. The van der Waals surface area contributed by atoms with E-state index in [0.29, 0.717) is 31.7 Å². The van der Waals surface area contributed by atoms with Crippen LogP contribution in [0.5, 0.6) is 11.6 Å². The van der Waals surface area contributed by atoms with E-state index in [1.807, 2.05) is 0 Å². The number of ether oxygens (including phenoxy) is 1. The molecule has 174 valence electrons. The van der Waals surface area contributed by atoms with Crippen LogP contribution >= 0.6 is 0 Å². The lowest BCUT2D eigenvalue weighted by Crippen LogP contribution is -2.46. The number of hydrogen-bond acceptors (Lipinski definition) is 5. The summed E-state index contributed by atoms with van der Waals surface area (Å²) in [7, 11) is -3.45. The largest absolute Gasteiger partial charge is 0.434 e. The Hall–Kier alpha value is -2.59. The highest BCUT2D eigenvalue weighted by molar-refractivity contribution is 7.90. The minimum atomic E-state index is -3.45. The maximum absolute atomic E-state index is 13.9. The molecule has 0 spiro atoms. The summed E-state index contributed by atoms with van der Waals surface area (Å²) < 4.78 is 59.0. The second kappa shape index (κ2) is 9.50. The van der Waals surface area contributed by atoms with Gasteiger partial charge in [0.2, 0.25) is 21.8 Å². The Bertz CT molecular complexity index is 1080. The molecular weight excluding hydrogens is 440 g/mol. The molecule has 1 aliphatic rings. The van der Waals surface area contributed by atoms with Crippen molar-refractivity contribution in [1.29, 1.82) is 0 Å². The molecule has 0 radical (unpaired) electrons. The molecule has 1 aliphatic carbocycles. The van der Waals surface area contributed by atoms with Crippen LogP contribution in [-0.4, -0.2) is 30.1 Å². The third kappa shape index (κ3) is 5.80. The second-order valence-electron chi connectivity index (χ2n) is 8.80. The molecule has 2 aromatic rings. The summed E-state index contributed by atoms with van der Waals surface area (Å²) in [6.45, 7) is 4.92. The first-order valence-corrected chi connectivity index (χ1v) is 11.9. The summed E-state index contributed by atoms with van der Waals surface area (Å²) in [6.07, 6.45) is 3.56. The van der Waals surface area contributed by atoms with Crippen LogP contribution in [0.2, 0.25) is 0 Å². The molecule has 1 saturated carbocycles. The maximum atomic E-state index is 13.9. The zero-order valence-corrected chi connectivity index (χ0v) is 19.0. The van der Waals surface area contributed by atoms with Gasteiger partial charge in [-0.3, -0.25) is 4.79 Å². The van der Waals surface area contributed by atoms with Gasteiger partial charge in [0.05, 0.1) is 4.75 Å². The number of carbonyl (C=O) groups excluding carboxylic acids is 1. The number of amides is 1. The van der Waals surface area contributed by atoms with E-state index >= 15 is 0 Å². The molecule has 0 atom stereocenters. The SMILES string of the molecule is CC(C)(C)S(=O)(=O)N[C@H]1CC[C@H](C(=O)Nc2cccnc2Oc2ccc(F)cc2F)CC1. The van der Waals surface area contributed by atoms with E-state index in [-0.39, 0.29) is 35.2 Å². The minimum absolute atomic E-state index is 0.0158. The van der Waals surface area contributed by atoms with Crippen LogP contribution < -0.4 is 14.8 Å². The fraction of sp³-hybridized carbons (Fsp3) is 0.455. The lowest BCUT2D eigenvalue weighted by atomic mass is 9.86. The number of halogens is 2. The molecule has 2 N–H and O–H groups in total. The molecule has 0 bridgehead atoms. The van der Waals surface area contributed by atoms with Crippen LogP contribution in [0.25, 0.3) is 0 Å². The topological polar surface area (TPSA) is 97.4 Å². The van der Waals surface area contributed by atoms with E-state index in [2.05, 4.69) is 15.0 Å². The molecule has 7 nitrogen and oxygen atoms in total. The van der Waals surface area contributed by atoms with Crippen molar-refractivity contribution in [2.45, 2.75) is 57.2 Å². The molecule has 1 aromatic carbocycles. The molecule has 1 heterocycles. The maximum Gasteiger partial charge on any atom is 0.243 e. The lowest BCUT2D eigenvalue weighted by molar-refractivity contribution is -0.120. The van der Waals surface area contributed by atoms with Gasteiger partial charge in [0.25, 0.3) is 0 Å². The Balaban J connectivity index is 1.61. The van der Waals surface area contributed by atoms with Crippen LogP contribution in [0.15, 0.2) is 36.5 Å². The standard InChI is InChI=1S/C22H27F2N3O4S/c1-22(2,3)32(29,30)27-16-9-6-14(7-10-16)20(28)26-18-5-4-12-25-21(18)31-19-11-8-15(23)13-17(19)24/h4-5,8,11-14,16,27H,6-7,9-10H2,1-3H3,(H,26,28)/t14-,16-. The van der Waals surface area contributed by atoms with Crippen molar-refractivity contribution in [3.05, 3.63) is 48.2 Å². The number of nitrogens with zero attached hydrogens (tertiary/aromatic N) is 1. The van der Waals surface area contributed by atoms with Crippen LogP contribution in [0.4, 0.5) is 14.5 Å². The molecule has 10 heteroatoms. The number of benzene rings is 1. The highest BCUT2D eigenvalue weighted by Crippen LogP contribution is 2.31. The third-order valence-corrected chi connectivity index (χ3v) is 7.61. The predicted octanol–water partition coefficient (Wildman–Crippen LogP) is 4.37. The number of aromatic nitrogens is 1. The average molecular weight is 468 g/mol. The first-order chi connectivity index (χ1) is 15.0. The van der Waals surface area contributed by atoms with Crippen molar-refractivity contribution in [3.63, 3.8) is 0 Å². The van der Waals surface area contributed by atoms with Gasteiger partial charge in [-0.25, -0.2) is 26.9 Å². The van der Waals surface area contributed by atoms with Crippen molar-refractivity contribution >= 4 is 21.6 Å². The van der Waals surface area contributed by atoms with Crippen molar-refractivity contribution in [2.75, 3.05) is 5.32 Å².